The van der Waals surface area contributed by atoms with Crippen molar-refractivity contribution < 1.29 is 20.6 Å². The summed E-state index contributed by atoms with van der Waals surface area (Å²) in [6, 6.07) is 19.9. The number of benzene rings is 8. The molecule has 0 amide bonds. The molecule has 0 N–H and O–H groups in total. The van der Waals surface area contributed by atoms with Crippen molar-refractivity contribution in [3.05, 3.63) is 188 Å². The molecule has 0 unspecified atom stereocenters. The second-order valence-corrected chi connectivity index (χ2v) is 12.2. The fraction of sp³-hybridized carbons (Fsp3) is 0. The quantitative estimate of drug-likeness (QED) is 0.178. The zero-order chi connectivity index (χ0) is 46.5. The van der Waals surface area contributed by atoms with E-state index in [4.69, 9.17) is 9.60 Å². The molecule has 0 spiro atoms. The van der Waals surface area contributed by atoms with Gasteiger partial charge in [0.1, 0.15) is 0 Å². The summed E-state index contributed by atoms with van der Waals surface area (Å²) in [5.41, 5.74) is 0.0000242. The lowest BCUT2D eigenvalue weighted by Crippen LogP contribution is -1.96. The number of rotatable bonds is 4. The van der Waals surface area contributed by atoms with Gasteiger partial charge in [-0.25, -0.2) is 0 Å². The van der Waals surface area contributed by atoms with Gasteiger partial charge in [0, 0.05) is 49.4 Å². The van der Waals surface area contributed by atoms with E-state index in [0.29, 0.717) is 22.1 Å². The predicted molar refractivity (Wildman–Crippen MR) is 215 cm³/mol. The molecule has 8 aromatic carbocycles. The number of hydrogen-bond acceptors (Lipinski definition) is 0. The first-order valence-electron chi connectivity index (χ1n) is 23.8. The first-order chi connectivity index (χ1) is 31.6. The Hall–Kier alpha value is -6.84. The third kappa shape index (κ3) is 4.12. The average molecular weight is 665 g/mol. The van der Waals surface area contributed by atoms with E-state index in [1.165, 1.54) is 0 Å². The van der Waals surface area contributed by atoms with Crippen LogP contribution in [0.1, 0.15) is 20.6 Å². The third-order valence-electron chi connectivity index (χ3n) is 9.45. The largest absolute Gasteiger partial charge is 0.309 e. The highest BCUT2D eigenvalue weighted by atomic mass is 15.0. The zero-order valence-electron chi connectivity index (χ0n) is 41.6. The summed E-state index contributed by atoms with van der Waals surface area (Å²) in [4.78, 5) is 0. The minimum atomic E-state index is -0.825. The molecule has 0 aliphatic heterocycles. The maximum atomic E-state index is 10.2. The SMILES string of the molecule is [2H]c1c([2H])c([2H])c(-c2c([2H])c([2H])c([2H])c(-n3c4c([2H])c([2H])c(-n5c6ccccc6c6ccccc65)c([2H])c4c4c([2H])c(-n5c6ccccc6c6ccccc65)c([2H])c([2H])c43)c2[2H])c([2H])c1[2H]. The van der Waals surface area contributed by atoms with E-state index in [0.717, 1.165) is 26.1 Å². The molecule has 3 aromatic heterocycles. The molecule has 3 heteroatoms. The molecule has 0 saturated carbocycles. The standard InChI is InChI=1S/C48H31N3/c1-2-13-32(14-3-1)33-15-12-16-34(29-33)49-47-27-25-35(50-43-21-8-4-17-37(43)38-18-5-9-22-44(38)50)30-41(47)42-31-36(26-28-48(42)49)51-45-23-10-6-19-39(45)40-20-7-11-24-46(40)51/h1-31H/i1D,2D,3D,12D,13D,14D,15D,16D,25D,26D,27D,28D,29D,30D,31D. The molecule has 0 radical (unpaired) electrons. The average Bonchev–Trinajstić information content (AvgIpc) is 3.96. The molecule has 3 heterocycles. The topological polar surface area (TPSA) is 14.8 Å². The lowest BCUT2D eigenvalue weighted by atomic mass is 10.1. The Morgan fingerprint density at radius 1 is 0.294 bits per heavy atom. The Morgan fingerprint density at radius 3 is 1.16 bits per heavy atom. The highest BCUT2D eigenvalue weighted by Crippen LogP contribution is 2.39. The molecular formula is C48H31N3. The summed E-state index contributed by atoms with van der Waals surface area (Å²) < 4.78 is 143. The lowest BCUT2D eigenvalue weighted by molar-refractivity contribution is 1.16. The van der Waals surface area contributed by atoms with Crippen molar-refractivity contribution in [2.45, 2.75) is 0 Å². The number of hydrogen-bond donors (Lipinski definition) is 0. The van der Waals surface area contributed by atoms with Crippen molar-refractivity contribution in [3.63, 3.8) is 0 Å². The fourth-order valence-electron chi connectivity index (χ4n) is 7.31. The Morgan fingerprint density at radius 2 is 0.686 bits per heavy atom. The minimum absolute atomic E-state index is 0.0389. The van der Waals surface area contributed by atoms with E-state index < -0.39 is 95.4 Å². The molecule has 0 atom stereocenters. The highest BCUT2D eigenvalue weighted by molar-refractivity contribution is 6.14. The summed E-state index contributed by atoms with van der Waals surface area (Å²) >= 11 is 0. The van der Waals surface area contributed by atoms with E-state index in [2.05, 4.69) is 0 Å². The molecular weight excluding hydrogens is 619 g/mol. The van der Waals surface area contributed by atoms with Crippen LogP contribution >= 0.6 is 0 Å². The smallest absolute Gasteiger partial charge is 0.0652 e. The minimum Gasteiger partial charge on any atom is -0.309 e. The second kappa shape index (κ2) is 10.8. The summed E-state index contributed by atoms with van der Waals surface area (Å²) in [7, 11) is 0. The molecule has 238 valence electrons. The van der Waals surface area contributed by atoms with E-state index in [1.807, 2.05) is 97.1 Å². The molecule has 51 heavy (non-hydrogen) atoms. The van der Waals surface area contributed by atoms with Crippen molar-refractivity contribution in [1.29, 1.82) is 0 Å². The van der Waals surface area contributed by atoms with Crippen LogP contribution in [0.25, 0.3) is 93.6 Å². The molecule has 11 rings (SSSR count). The van der Waals surface area contributed by atoms with Crippen LogP contribution in [0, 0.1) is 0 Å². The van der Waals surface area contributed by atoms with E-state index in [1.54, 1.807) is 9.13 Å². The van der Waals surface area contributed by atoms with Gasteiger partial charge in [-0.3, -0.25) is 0 Å². The van der Waals surface area contributed by atoms with Gasteiger partial charge in [-0.15, -0.1) is 0 Å². The van der Waals surface area contributed by atoms with Gasteiger partial charge in [-0.2, -0.15) is 0 Å². The zero-order valence-corrected chi connectivity index (χ0v) is 26.6. The van der Waals surface area contributed by atoms with Gasteiger partial charge in [-0.1, -0.05) is 115 Å². The van der Waals surface area contributed by atoms with E-state index >= 15 is 0 Å². The first-order valence-corrected chi connectivity index (χ1v) is 16.3. The van der Waals surface area contributed by atoms with Crippen LogP contribution < -0.4 is 0 Å². The first kappa shape index (κ1) is 17.2. The molecule has 0 aliphatic carbocycles. The van der Waals surface area contributed by atoms with Crippen LogP contribution in [0.3, 0.4) is 0 Å². The Bertz CT molecular complexity index is 3690. The van der Waals surface area contributed by atoms with E-state index in [9.17, 15) is 11.0 Å². The summed E-state index contributed by atoms with van der Waals surface area (Å²) in [5.74, 6) is 0. The van der Waals surface area contributed by atoms with E-state index in [-0.39, 0.29) is 45.3 Å². The van der Waals surface area contributed by atoms with Crippen molar-refractivity contribution >= 4 is 65.4 Å². The number of aromatic nitrogens is 3. The molecule has 0 fully saturated rings. The van der Waals surface area contributed by atoms with Gasteiger partial charge in [0.2, 0.25) is 0 Å². The normalized spacial score (nSPS) is 16.0. The Balaban J connectivity index is 1.39. The summed E-state index contributed by atoms with van der Waals surface area (Å²) in [5, 5.41) is 2.96. The number of nitrogens with zero attached hydrogens (tertiary/aromatic N) is 3. The third-order valence-corrected chi connectivity index (χ3v) is 9.45. The monoisotopic (exact) mass is 664 g/mol. The molecule has 0 saturated heterocycles. The van der Waals surface area contributed by atoms with Crippen LogP contribution in [0.15, 0.2) is 188 Å². The van der Waals surface area contributed by atoms with Gasteiger partial charge < -0.3 is 13.7 Å². The number of fused-ring (bicyclic) bond motifs is 9. The van der Waals surface area contributed by atoms with Gasteiger partial charge in [-0.05, 0) is 83.7 Å². The molecule has 3 nitrogen and oxygen atoms in total. The van der Waals surface area contributed by atoms with Crippen molar-refractivity contribution in [2.75, 3.05) is 0 Å². The molecule has 0 bridgehead atoms. The van der Waals surface area contributed by atoms with Crippen LogP contribution in [0.5, 0.6) is 0 Å². The van der Waals surface area contributed by atoms with Crippen LogP contribution in [0.4, 0.5) is 0 Å². The predicted octanol–water partition coefficient (Wildman–Crippen LogP) is 12.6. The highest BCUT2D eigenvalue weighted by Gasteiger charge is 2.19. The van der Waals surface area contributed by atoms with Gasteiger partial charge >= 0.3 is 0 Å². The number of para-hydroxylation sites is 4. The Kier molecular flexibility index (Phi) is 3.65. The van der Waals surface area contributed by atoms with Crippen LogP contribution in [-0.4, -0.2) is 13.7 Å². The van der Waals surface area contributed by atoms with Crippen molar-refractivity contribution in [3.8, 4) is 28.2 Å². The van der Waals surface area contributed by atoms with Crippen molar-refractivity contribution in [1.82, 2.24) is 13.7 Å². The van der Waals surface area contributed by atoms with Crippen molar-refractivity contribution in [2.24, 2.45) is 0 Å². The van der Waals surface area contributed by atoms with Crippen LogP contribution in [-0.2, 0) is 0 Å². The molecule has 11 aromatic rings. The molecule has 0 aliphatic rings. The Labute approximate surface area is 315 Å². The van der Waals surface area contributed by atoms with Gasteiger partial charge in [0.15, 0.2) is 0 Å². The van der Waals surface area contributed by atoms with Gasteiger partial charge in [0.25, 0.3) is 0 Å². The maximum Gasteiger partial charge on any atom is 0.0652 e. The second-order valence-electron chi connectivity index (χ2n) is 12.2. The lowest BCUT2D eigenvalue weighted by Gasteiger charge is -2.12. The van der Waals surface area contributed by atoms with Gasteiger partial charge in [0.05, 0.1) is 53.7 Å². The summed E-state index contributed by atoms with van der Waals surface area (Å²) in [6.07, 6.45) is 0. The maximum absolute atomic E-state index is 10.2. The fourth-order valence-corrected chi connectivity index (χ4v) is 7.31. The van der Waals surface area contributed by atoms with Crippen LogP contribution in [0.2, 0.25) is 0 Å². The summed E-state index contributed by atoms with van der Waals surface area (Å²) in [6.45, 7) is 0.